The maximum absolute atomic E-state index is 12.2. The molecule has 31 heavy (non-hydrogen) atoms. The summed E-state index contributed by atoms with van der Waals surface area (Å²) in [5, 5.41) is 7.40. The molecule has 162 valence electrons. The van der Waals surface area contributed by atoms with Gasteiger partial charge in [-0.15, -0.1) is 0 Å². The second-order valence-electron chi connectivity index (χ2n) is 7.29. The molecule has 0 atom stereocenters. The number of aryl methyl sites for hydroxylation is 2. The summed E-state index contributed by atoms with van der Waals surface area (Å²) in [5.74, 6) is -0.0661. The third kappa shape index (κ3) is 6.07. The second-order valence-corrected chi connectivity index (χ2v) is 8.51. The molecule has 0 aromatic heterocycles. The summed E-state index contributed by atoms with van der Waals surface area (Å²) in [4.78, 5) is 12.2. The van der Waals surface area contributed by atoms with E-state index >= 15 is 0 Å². The van der Waals surface area contributed by atoms with Gasteiger partial charge in [0.15, 0.2) is 12.4 Å². The summed E-state index contributed by atoms with van der Waals surface area (Å²) < 4.78 is 5.58. The molecule has 4 nitrogen and oxygen atoms in total. The number of nitrogens with one attached hydrogen (secondary N) is 2. The van der Waals surface area contributed by atoms with Crippen molar-refractivity contribution in [1.82, 2.24) is 0 Å². The number of benzene rings is 3. The number of amides is 1. The van der Waals surface area contributed by atoms with Crippen molar-refractivity contribution in [3.63, 3.8) is 0 Å². The average molecular weight is 478 g/mol. The molecule has 7 heteroatoms. The normalized spacial score (nSPS) is 10.6. The molecule has 0 bridgehead atoms. The highest BCUT2D eigenvalue weighted by molar-refractivity contribution is 6.37. The Kier molecular flexibility index (Phi) is 7.71. The van der Waals surface area contributed by atoms with Crippen LogP contribution in [-0.4, -0.2) is 12.5 Å². The number of carbonyl (C=O) groups is 1. The van der Waals surface area contributed by atoms with Crippen molar-refractivity contribution >= 4 is 52.1 Å². The van der Waals surface area contributed by atoms with Gasteiger partial charge < -0.3 is 15.4 Å². The fourth-order valence-corrected chi connectivity index (χ4v) is 3.82. The number of hydrogen-bond donors (Lipinski definition) is 2. The Morgan fingerprint density at radius 3 is 2.29 bits per heavy atom. The molecule has 0 aliphatic carbocycles. The Balaban J connectivity index is 1.61. The average Bonchev–Trinajstić information content (AvgIpc) is 2.71. The maximum Gasteiger partial charge on any atom is 0.262 e. The molecule has 0 fully saturated rings. The molecule has 3 aromatic rings. The minimum atomic E-state index is -0.340. The van der Waals surface area contributed by atoms with Crippen molar-refractivity contribution in [2.24, 2.45) is 0 Å². The minimum Gasteiger partial charge on any atom is -0.481 e. The van der Waals surface area contributed by atoms with Crippen molar-refractivity contribution in [3.8, 4) is 5.75 Å². The molecular weight excluding hydrogens is 455 g/mol. The van der Waals surface area contributed by atoms with Crippen LogP contribution < -0.4 is 15.4 Å². The monoisotopic (exact) mass is 476 g/mol. The zero-order chi connectivity index (χ0) is 22.5. The van der Waals surface area contributed by atoms with Crippen molar-refractivity contribution in [3.05, 3.63) is 85.9 Å². The highest BCUT2D eigenvalue weighted by Crippen LogP contribution is 2.34. The van der Waals surface area contributed by atoms with Gasteiger partial charge in [0.05, 0.1) is 10.0 Å². The highest BCUT2D eigenvalue weighted by Gasteiger charge is 2.13. The van der Waals surface area contributed by atoms with Crippen LogP contribution in [0.1, 0.15) is 22.3 Å². The molecule has 0 spiro atoms. The van der Waals surface area contributed by atoms with Crippen LogP contribution >= 0.6 is 34.8 Å². The molecule has 0 aliphatic rings. The molecule has 0 aliphatic heterocycles. The van der Waals surface area contributed by atoms with Crippen LogP contribution in [-0.2, 0) is 11.3 Å². The fraction of sp³-hybridized carbons (Fsp3) is 0.208. The molecule has 1 amide bonds. The Morgan fingerprint density at radius 2 is 1.61 bits per heavy atom. The van der Waals surface area contributed by atoms with Crippen molar-refractivity contribution in [2.45, 2.75) is 27.3 Å². The van der Waals surface area contributed by atoms with Crippen LogP contribution in [0.4, 0.5) is 11.4 Å². The number of carbonyl (C=O) groups excluding carboxylic acids is 1. The summed E-state index contributed by atoms with van der Waals surface area (Å²) in [6.07, 6.45) is 0. The van der Waals surface area contributed by atoms with Crippen LogP contribution in [0.2, 0.25) is 15.1 Å². The van der Waals surface area contributed by atoms with Gasteiger partial charge in [0, 0.05) is 22.9 Å². The van der Waals surface area contributed by atoms with E-state index in [0.29, 0.717) is 27.3 Å². The Labute approximate surface area is 197 Å². The van der Waals surface area contributed by atoms with Crippen LogP contribution in [0.5, 0.6) is 5.75 Å². The number of rotatable bonds is 7. The lowest BCUT2D eigenvalue weighted by Gasteiger charge is -2.14. The first kappa shape index (κ1) is 23.3. The van der Waals surface area contributed by atoms with Crippen molar-refractivity contribution < 1.29 is 9.53 Å². The van der Waals surface area contributed by atoms with Gasteiger partial charge in [0.2, 0.25) is 0 Å². The summed E-state index contributed by atoms with van der Waals surface area (Å²) in [7, 11) is 0. The van der Waals surface area contributed by atoms with Crippen LogP contribution in [0.3, 0.4) is 0 Å². The van der Waals surface area contributed by atoms with E-state index in [0.717, 1.165) is 16.8 Å². The predicted molar refractivity (Wildman–Crippen MR) is 130 cm³/mol. The highest BCUT2D eigenvalue weighted by atomic mass is 35.5. The number of ether oxygens (including phenoxy) is 1. The quantitative estimate of drug-likeness (QED) is 0.378. The van der Waals surface area contributed by atoms with Crippen LogP contribution in [0.25, 0.3) is 0 Å². The van der Waals surface area contributed by atoms with Crippen LogP contribution in [0.15, 0.2) is 48.5 Å². The predicted octanol–water partition coefficient (Wildman–Crippen LogP) is 7.20. The first-order valence-corrected chi connectivity index (χ1v) is 10.8. The van der Waals surface area contributed by atoms with E-state index in [9.17, 15) is 4.79 Å². The number of halogens is 3. The van der Waals surface area contributed by atoms with E-state index < -0.39 is 0 Å². The molecule has 2 N–H and O–H groups in total. The minimum absolute atomic E-state index is 0.231. The second kappa shape index (κ2) is 10.3. The molecule has 0 unspecified atom stereocenters. The van der Waals surface area contributed by atoms with Gasteiger partial charge in [-0.3, -0.25) is 4.79 Å². The van der Waals surface area contributed by atoms with Gasteiger partial charge >= 0.3 is 0 Å². The van der Waals surface area contributed by atoms with E-state index in [1.165, 1.54) is 11.1 Å². The SMILES string of the molecule is Cc1ccc(NC(=O)COc2c(Cl)cc(CNc3cccc(C)c3C)cc2Cl)cc1Cl. The fourth-order valence-electron chi connectivity index (χ4n) is 3.00. The van der Waals surface area contributed by atoms with Crippen LogP contribution in [0, 0.1) is 20.8 Å². The van der Waals surface area contributed by atoms with Gasteiger partial charge in [0.1, 0.15) is 0 Å². The van der Waals surface area contributed by atoms with Gasteiger partial charge in [-0.05, 0) is 73.4 Å². The Morgan fingerprint density at radius 1 is 0.903 bits per heavy atom. The third-order valence-corrected chi connectivity index (χ3v) is 5.92. The maximum atomic E-state index is 12.2. The largest absolute Gasteiger partial charge is 0.481 e. The molecule has 0 saturated heterocycles. The topological polar surface area (TPSA) is 50.4 Å². The molecule has 0 saturated carbocycles. The number of anilines is 2. The zero-order valence-corrected chi connectivity index (χ0v) is 19.8. The summed E-state index contributed by atoms with van der Waals surface area (Å²) in [6, 6.07) is 15.0. The van der Waals surface area contributed by atoms with Crippen molar-refractivity contribution in [2.75, 3.05) is 17.2 Å². The lowest BCUT2D eigenvalue weighted by molar-refractivity contribution is -0.118. The van der Waals surface area contributed by atoms with E-state index in [1.807, 2.05) is 25.1 Å². The molecule has 0 radical (unpaired) electrons. The standard InChI is InChI=1S/C24H23Cl3N2O2/c1-14-5-4-6-22(16(14)3)28-12-17-9-20(26)24(21(27)10-17)31-13-23(30)29-18-8-7-15(2)19(25)11-18/h4-11,28H,12-13H2,1-3H3,(H,29,30). The molecule has 0 heterocycles. The molecule has 3 rings (SSSR count). The summed E-state index contributed by atoms with van der Waals surface area (Å²) in [6.45, 7) is 6.36. The molecular formula is C24H23Cl3N2O2. The third-order valence-electron chi connectivity index (χ3n) is 4.95. The van der Waals surface area contributed by atoms with Gasteiger partial charge in [-0.25, -0.2) is 0 Å². The lowest BCUT2D eigenvalue weighted by Crippen LogP contribution is -2.20. The van der Waals surface area contributed by atoms with Gasteiger partial charge in [-0.2, -0.15) is 0 Å². The first-order valence-electron chi connectivity index (χ1n) is 9.71. The van der Waals surface area contributed by atoms with Crippen molar-refractivity contribution in [1.29, 1.82) is 0 Å². The van der Waals surface area contributed by atoms with E-state index in [1.54, 1.807) is 24.3 Å². The Bertz CT molecular complexity index is 1090. The Hall–Kier alpha value is -2.40. The zero-order valence-electron chi connectivity index (χ0n) is 17.5. The summed E-state index contributed by atoms with van der Waals surface area (Å²) in [5.41, 5.74) is 5.90. The van der Waals surface area contributed by atoms with Gasteiger partial charge in [-0.1, -0.05) is 53.0 Å². The van der Waals surface area contributed by atoms with E-state index in [4.69, 9.17) is 39.5 Å². The first-order chi connectivity index (χ1) is 14.7. The van der Waals surface area contributed by atoms with Gasteiger partial charge in [0.25, 0.3) is 5.91 Å². The summed E-state index contributed by atoms with van der Waals surface area (Å²) >= 11 is 18.8. The molecule has 3 aromatic carbocycles. The number of hydrogen-bond acceptors (Lipinski definition) is 3. The lowest BCUT2D eigenvalue weighted by atomic mass is 10.1. The van der Waals surface area contributed by atoms with E-state index in [-0.39, 0.29) is 18.3 Å². The van der Waals surface area contributed by atoms with E-state index in [2.05, 4.69) is 30.5 Å². The smallest absolute Gasteiger partial charge is 0.262 e.